The van der Waals surface area contributed by atoms with Crippen molar-refractivity contribution in [3.63, 3.8) is 0 Å². The number of nitrogens with two attached hydrogens (primary N) is 1. The molecule has 0 aliphatic carbocycles. The van der Waals surface area contributed by atoms with Crippen LogP contribution >= 0.6 is 0 Å². The van der Waals surface area contributed by atoms with Crippen LogP contribution in [0.2, 0.25) is 0 Å². The molecule has 2 aliphatic heterocycles. The highest BCUT2D eigenvalue weighted by Crippen LogP contribution is 2.35. The molecule has 2 saturated heterocycles. The van der Waals surface area contributed by atoms with Crippen LogP contribution in [0.3, 0.4) is 0 Å². The van der Waals surface area contributed by atoms with Gasteiger partial charge in [-0.3, -0.25) is 9.59 Å². The third-order valence-electron chi connectivity index (χ3n) is 4.98. The number of aliphatic hydroxyl groups excluding tert-OH is 1. The van der Waals surface area contributed by atoms with Crippen LogP contribution in [-0.4, -0.2) is 59.8 Å². The van der Waals surface area contributed by atoms with E-state index in [0.29, 0.717) is 43.9 Å². The van der Waals surface area contributed by atoms with Crippen molar-refractivity contribution in [3.8, 4) is 5.75 Å². The van der Waals surface area contributed by atoms with Crippen molar-refractivity contribution in [1.29, 1.82) is 0 Å². The normalized spacial score (nSPS) is 22.6. The molecule has 1 atom stereocenters. The van der Waals surface area contributed by atoms with E-state index in [-0.39, 0.29) is 12.5 Å². The Morgan fingerprint density at radius 1 is 1.36 bits per heavy atom. The molecule has 0 saturated carbocycles. The van der Waals surface area contributed by atoms with Crippen LogP contribution in [0.4, 0.5) is 0 Å². The minimum Gasteiger partial charge on any atom is -0.484 e. The molecule has 1 spiro atoms. The fourth-order valence-corrected chi connectivity index (χ4v) is 3.53. The highest BCUT2D eigenvalue weighted by Gasteiger charge is 2.44. The summed E-state index contributed by atoms with van der Waals surface area (Å²) in [5.74, 6) is -0.224. The van der Waals surface area contributed by atoms with Crippen molar-refractivity contribution in [2.45, 2.75) is 37.4 Å². The number of benzene rings is 1. The lowest BCUT2D eigenvalue weighted by Crippen LogP contribution is -2.56. The monoisotopic (exact) mass is 348 g/mol. The first-order valence-corrected chi connectivity index (χ1v) is 8.63. The smallest absolute Gasteiger partial charge is 0.255 e. The quantitative estimate of drug-likeness (QED) is 0.834. The summed E-state index contributed by atoms with van der Waals surface area (Å²) in [5, 5.41) is 10.3. The number of ether oxygens (including phenoxy) is 2. The third kappa shape index (κ3) is 3.93. The van der Waals surface area contributed by atoms with Crippen LogP contribution in [0.1, 0.15) is 36.0 Å². The van der Waals surface area contributed by atoms with Gasteiger partial charge in [-0.1, -0.05) is 6.07 Å². The second-order valence-corrected chi connectivity index (χ2v) is 6.65. The van der Waals surface area contributed by atoms with E-state index in [4.69, 9.17) is 15.2 Å². The Hall–Kier alpha value is -2.12. The van der Waals surface area contributed by atoms with Crippen LogP contribution in [0.5, 0.6) is 5.75 Å². The summed E-state index contributed by atoms with van der Waals surface area (Å²) in [6.45, 7) is 1.54. The minimum atomic E-state index is -0.566. The molecule has 1 aromatic rings. The first-order valence-electron chi connectivity index (χ1n) is 8.63. The van der Waals surface area contributed by atoms with Crippen molar-refractivity contribution < 1.29 is 24.2 Å². The van der Waals surface area contributed by atoms with Crippen molar-refractivity contribution in [1.82, 2.24) is 4.90 Å². The highest BCUT2D eigenvalue weighted by atomic mass is 16.5. The number of aliphatic hydroxyl groups is 1. The van der Waals surface area contributed by atoms with Gasteiger partial charge in [0, 0.05) is 25.3 Å². The lowest BCUT2D eigenvalue weighted by Gasteiger charge is -2.46. The van der Waals surface area contributed by atoms with Gasteiger partial charge in [0.1, 0.15) is 5.75 Å². The number of piperidine rings is 1. The molecular weight excluding hydrogens is 324 g/mol. The lowest BCUT2D eigenvalue weighted by molar-refractivity contribution is -0.174. The number of carbonyl (C=O) groups excluding carboxylic acids is 2. The molecule has 0 bridgehead atoms. The largest absolute Gasteiger partial charge is 0.484 e. The summed E-state index contributed by atoms with van der Waals surface area (Å²) in [6.07, 6.45) is 2.45. The summed E-state index contributed by atoms with van der Waals surface area (Å²) < 4.78 is 11.1. The average Bonchev–Trinajstić information content (AvgIpc) is 2.63. The van der Waals surface area contributed by atoms with Gasteiger partial charge in [0.05, 0.1) is 11.7 Å². The van der Waals surface area contributed by atoms with Gasteiger partial charge >= 0.3 is 0 Å². The number of hydrogen-bond donors (Lipinski definition) is 2. The molecule has 1 aromatic carbocycles. The van der Waals surface area contributed by atoms with Crippen LogP contribution in [0.15, 0.2) is 24.3 Å². The summed E-state index contributed by atoms with van der Waals surface area (Å²) in [7, 11) is 0. The average molecular weight is 348 g/mol. The maximum atomic E-state index is 12.7. The van der Waals surface area contributed by atoms with Crippen molar-refractivity contribution in [2.75, 3.05) is 26.3 Å². The van der Waals surface area contributed by atoms with E-state index in [1.807, 2.05) is 0 Å². The maximum Gasteiger partial charge on any atom is 0.255 e. The Morgan fingerprint density at radius 2 is 2.12 bits per heavy atom. The molecule has 136 valence electrons. The molecule has 2 amide bonds. The van der Waals surface area contributed by atoms with E-state index in [2.05, 4.69) is 0 Å². The second kappa shape index (κ2) is 7.41. The van der Waals surface area contributed by atoms with Crippen LogP contribution in [0.25, 0.3) is 0 Å². The van der Waals surface area contributed by atoms with E-state index >= 15 is 0 Å². The standard InChI is InChI=1S/C18H24N2O5/c19-16(22)12-24-14-4-1-3-13(11-14)17(23)20-8-6-18(7-9-20)15(21)5-2-10-25-18/h1,3-4,11,15,21H,2,5-10,12H2,(H2,19,22)/t15-/m0/s1. The fraction of sp³-hybridized carbons (Fsp3) is 0.556. The fourth-order valence-electron chi connectivity index (χ4n) is 3.53. The number of primary amides is 1. The number of likely N-dealkylation sites (tertiary alicyclic amines) is 1. The lowest BCUT2D eigenvalue weighted by atomic mass is 9.82. The number of carbonyl (C=O) groups is 2. The Labute approximate surface area is 146 Å². The van der Waals surface area contributed by atoms with Gasteiger partial charge in [-0.15, -0.1) is 0 Å². The molecule has 0 unspecified atom stereocenters. The van der Waals surface area contributed by atoms with Crippen LogP contribution in [-0.2, 0) is 9.53 Å². The Balaban J connectivity index is 1.62. The molecule has 3 N–H and O–H groups in total. The summed E-state index contributed by atoms with van der Waals surface area (Å²) >= 11 is 0. The van der Waals surface area contributed by atoms with Gasteiger partial charge in [0.15, 0.2) is 6.61 Å². The van der Waals surface area contributed by atoms with Gasteiger partial charge in [-0.05, 0) is 43.9 Å². The summed E-state index contributed by atoms with van der Waals surface area (Å²) in [6, 6.07) is 6.72. The van der Waals surface area contributed by atoms with Gasteiger partial charge in [-0.25, -0.2) is 0 Å². The minimum absolute atomic E-state index is 0.0929. The Kier molecular flexibility index (Phi) is 5.24. The zero-order valence-corrected chi connectivity index (χ0v) is 14.1. The molecule has 2 fully saturated rings. The van der Waals surface area contributed by atoms with Crippen molar-refractivity contribution in [2.24, 2.45) is 5.73 Å². The van der Waals surface area contributed by atoms with Crippen molar-refractivity contribution in [3.05, 3.63) is 29.8 Å². The highest BCUT2D eigenvalue weighted by molar-refractivity contribution is 5.94. The van der Waals surface area contributed by atoms with Gasteiger partial charge in [0.2, 0.25) is 0 Å². The predicted molar refractivity (Wildman–Crippen MR) is 90.2 cm³/mol. The van der Waals surface area contributed by atoms with E-state index in [9.17, 15) is 14.7 Å². The molecule has 25 heavy (non-hydrogen) atoms. The van der Waals surface area contributed by atoms with E-state index in [1.165, 1.54) is 0 Å². The topological polar surface area (TPSA) is 102 Å². The van der Waals surface area contributed by atoms with Crippen LogP contribution < -0.4 is 10.5 Å². The summed E-state index contributed by atoms with van der Waals surface area (Å²) in [5.41, 5.74) is 5.07. The predicted octanol–water partition coefficient (Wildman–Crippen LogP) is 0.697. The Bertz CT molecular complexity index is 640. The number of hydrogen-bond acceptors (Lipinski definition) is 5. The van der Waals surface area contributed by atoms with E-state index < -0.39 is 17.6 Å². The first-order chi connectivity index (χ1) is 12.0. The molecular formula is C18H24N2O5. The molecule has 0 aromatic heterocycles. The summed E-state index contributed by atoms with van der Waals surface area (Å²) in [4.78, 5) is 25.3. The van der Waals surface area contributed by atoms with E-state index in [1.54, 1.807) is 29.2 Å². The number of amides is 2. The SMILES string of the molecule is NC(=O)COc1cccc(C(=O)N2CCC3(CC2)OCCC[C@@H]3O)c1. The zero-order chi connectivity index (χ0) is 17.9. The molecule has 0 radical (unpaired) electrons. The van der Waals surface area contributed by atoms with Gasteiger partial charge < -0.3 is 25.2 Å². The molecule has 7 heteroatoms. The zero-order valence-electron chi connectivity index (χ0n) is 14.1. The van der Waals surface area contributed by atoms with Gasteiger partial charge in [0.25, 0.3) is 11.8 Å². The molecule has 3 rings (SSSR count). The second-order valence-electron chi connectivity index (χ2n) is 6.65. The Morgan fingerprint density at radius 3 is 2.80 bits per heavy atom. The van der Waals surface area contributed by atoms with Gasteiger partial charge in [-0.2, -0.15) is 0 Å². The number of nitrogens with zero attached hydrogens (tertiary/aromatic N) is 1. The molecule has 7 nitrogen and oxygen atoms in total. The molecule has 2 aliphatic rings. The number of rotatable bonds is 4. The van der Waals surface area contributed by atoms with Crippen LogP contribution in [0, 0.1) is 0 Å². The maximum absolute atomic E-state index is 12.7. The van der Waals surface area contributed by atoms with E-state index in [0.717, 1.165) is 12.8 Å². The first kappa shape index (κ1) is 17.7. The van der Waals surface area contributed by atoms with Crippen molar-refractivity contribution >= 4 is 11.8 Å². The molecule has 2 heterocycles. The third-order valence-corrected chi connectivity index (χ3v) is 4.98.